The van der Waals surface area contributed by atoms with Crippen LogP contribution in [0.3, 0.4) is 0 Å². The third kappa shape index (κ3) is 6.36. The van der Waals surface area contributed by atoms with E-state index in [2.05, 4.69) is 44.9 Å². The van der Waals surface area contributed by atoms with E-state index in [4.69, 9.17) is 14.3 Å². The normalized spacial score (nSPS) is 18.8. The number of hydrogen-bond donors (Lipinski definition) is 2. The maximum absolute atomic E-state index is 12.6. The van der Waals surface area contributed by atoms with Gasteiger partial charge in [-0.05, 0) is 66.0 Å². The van der Waals surface area contributed by atoms with Crippen LogP contribution in [0.25, 0.3) is 11.1 Å². The summed E-state index contributed by atoms with van der Waals surface area (Å²) in [6.45, 7) is 3.22. The Kier molecular flexibility index (Phi) is 8.44. The lowest BCUT2D eigenvalue weighted by atomic mass is 9.97. The van der Waals surface area contributed by atoms with Crippen molar-refractivity contribution in [2.24, 2.45) is 5.92 Å². The molecule has 2 N–H and O–H groups in total. The molecule has 2 saturated heterocycles. The van der Waals surface area contributed by atoms with E-state index in [-0.39, 0.29) is 24.2 Å². The highest BCUT2D eigenvalue weighted by Gasteiger charge is 2.29. The summed E-state index contributed by atoms with van der Waals surface area (Å²) < 4.78 is 11.2. The van der Waals surface area contributed by atoms with Crippen LogP contribution in [0.2, 0.25) is 0 Å². The number of anilines is 1. The number of nitrogens with zero attached hydrogens (tertiary/aromatic N) is 2. The minimum Gasteiger partial charge on any atom is -0.449 e. The Morgan fingerprint density at radius 3 is 2.32 bits per heavy atom. The Bertz CT molecular complexity index is 1300. The van der Waals surface area contributed by atoms with E-state index < -0.39 is 0 Å². The van der Waals surface area contributed by atoms with Gasteiger partial charge in [0, 0.05) is 44.8 Å². The van der Waals surface area contributed by atoms with Crippen LogP contribution < -0.4 is 15.7 Å². The SMILES string of the molecule is O=C(NCC1CCN(c2ccc(C(=O)NOC3CCCCO3)cn2)CC1)OCC1c2ccccc2-c2ccccc21. The monoisotopic (exact) mass is 556 g/mol. The van der Waals surface area contributed by atoms with Crippen LogP contribution >= 0.6 is 0 Å². The molecule has 0 bridgehead atoms. The van der Waals surface area contributed by atoms with E-state index >= 15 is 0 Å². The number of benzene rings is 2. The van der Waals surface area contributed by atoms with E-state index in [1.807, 2.05) is 30.3 Å². The molecule has 1 aromatic heterocycles. The number of hydrogen-bond acceptors (Lipinski definition) is 7. The number of aromatic nitrogens is 1. The van der Waals surface area contributed by atoms with E-state index in [9.17, 15) is 9.59 Å². The van der Waals surface area contributed by atoms with Crippen molar-refractivity contribution < 1.29 is 23.9 Å². The van der Waals surface area contributed by atoms with Crippen molar-refractivity contribution in [2.45, 2.75) is 44.3 Å². The van der Waals surface area contributed by atoms with Crippen LogP contribution in [0.4, 0.5) is 10.6 Å². The predicted octanol–water partition coefficient (Wildman–Crippen LogP) is 5.02. The van der Waals surface area contributed by atoms with E-state index in [1.165, 1.54) is 22.3 Å². The van der Waals surface area contributed by atoms with Crippen molar-refractivity contribution in [1.82, 2.24) is 15.8 Å². The molecule has 2 aliphatic heterocycles. The molecule has 0 spiro atoms. The molecule has 3 aromatic rings. The molecule has 2 aromatic carbocycles. The van der Waals surface area contributed by atoms with Gasteiger partial charge in [0.1, 0.15) is 12.4 Å². The molecule has 214 valence electrons. The van der Waals surface area contributed by atoms with Gasteiger partial charge >= 0.3 is 6.09 Å². The molecular weight excluding hydrogens is 520 g/mol. The summed E-state index contributed by atoms with van der Waals surface area (Å²) in [5.41, 5.74) is 7.75. The van der Waals surface area contributed by atoms with Crippen molar-refractivity contribution in [2.75, 3.05) is 37.7 Å². The first kappa shape index (κ1) is 27.2. The van der Waals surface area contributed by atoms with Crippen LogP contribution in [-0.4, -0.2) is 56.1 Å². The first-order valence-electron chi connectivity index (χ1n) is 14.5. The molecule has 2 fully saturated rings. The number of ether oxygens (including phenoxy) is 2. The van der Waals surface area contributed by atoms with Gasteiger partial charge < -0.3 is 19.7 Å². The molecule has 41 heavy (non-hydrogen) atoms. The smallest absolute Gasteiger partial charge is 0.407 e. The molecule has 0 radical (unpaired) electrons. The zero-order valence-electron chi connectivity index (χ0n) is 23.1. The fourth-order valence-corrected chi connectivity index (χ4v) is 5.93. The van der Waals surface area contributed by atoms with E-state index in [0.29, 0.717) is 31.2 Å². The summed E-state index contributed by atoms with van der Waals surface area (Å²) in [6, 6.07) is 20.3. The number of amides is 2. The largest absolute Gasteiger partial charge is 0.449 e. The Morgan fingerprint density at radius 1 is 0.927 bits per heavy atom. The number of carbonyl (C=O) groups is 2. The van der Waals surface area contributed by atoms with Gasteiger partial charge in [-0.25, -0.2) is 20.1 Å². The van der Waals surface area contributed by atoms with Gasteiger partial charge in [-0.3, -0.25) is 4.79 Å². The van der Waals surface area contributed by atoms with Crippen molar-refractivity contribution in [3.05, 3.63) is 83.6 Å². The number of piperidine rings is 1. The predicted molar refractivity (Wildman–Crippen MR) is 154 cm³/mol. The van der Waals surface area contributed by atoms with Crippen molar-refractivity contribution >= 4 is 17.8 Å². The van der Waals surface area contributed by atoms with Gasteiger partial charge in [0.15, 0.2) is 6.29 Å². The lowest BCUT2D eigenvalue weighted by Crippen LogP contribution is -2.39. The molecule has 9 nitrogen and oxygen atoms in total. The number of rotatable bonds is 8. The fraction of sp³-hybridized carbons (Fsp3) is 0.406. The average Bonchev–Trinajstić information content (AvgIpc) is 3.36. The average molecular weight is 557 g/mol. The first-order chi connectivity index (χ1) is 20.2. The second-order valence-corrected chi connectivity index (χ2v) is 10.9. The van der Waals surface area contributed by atoms with Gasteiger partial charge in [0.25, 0.3) is 5.91 Å². The maximum Gasteiger partial charge on any atom is 0.407 e. The van der Waals surface area contributed by atoms with E-state index in [0.717, 1.165) is 51.0 Å². The summed E-state index contributed by atoms with van der Waals surface area (Å²) in [5, 5.41) is 2.97. The van der Waals surface area contributed by atoms with Gasteiger partial charge in [-0.2, -0.15) is 0 Å². The van der Waals surface area contributed by atoms with Gasteiger partial charge in [0.2, 0.25) is 0 Å². The van der Waals surface area contributed by atoms with Gasteiger partial charge in [0.05, 0.1) is 5.56 Å². The number of carbonyl (C=O) groups excluding carboxylic acids is 2. The lowest BCUT2D eigenvalue weighted by molar-refractivity contribution is -0.186. The van der Waals surface area contributed by atoms with Crippen LogP contribution in [0, 0.1) is 5.92 Å². The molecule has 6 rings (SSSR count). The van der Waals surface area contributed by atoms with Crippen molar-refractivity contribution in [3.8, 4) is 11.1 Å². The number of hydroxylamine groups is 1. The molecule has 9 heteroatoms. The molecule has 0 saturated carbocycles. The topological polar surface area (TPSA) is 102 Å². The number of pyridine rings is 1. The summed E-state index contributed by atoms with van der Waals surface area (Å²) in [7, 11) is 0. The van der Waals surface area contributed by atoms with Crippen LogP contribution in [0.15, 0.2) is 66.9 Å². The molecule has 3 aliphatic rings. The molecule has 1 atom stereocenters. The molecule has 1 aliphatic carbocycles. The van der Waals surface area contributed by atoms with Crippen LogP contribution in [-0.2, 0) is 14.3 Å². The Hall–Kier alpha value is -3.95. The van der Waals surface area contributed by atoms with Gasteiger partial charge in [-0.15, -0.1) is 0 Å². The Morgan fingerprint density at radius 2 is 1.66 bits per heavy atom. The minimum absolute atomic E-state index is 0.0554. The summed E-state index contributed by atoms with van der Waals surface area (Å²) in [4.78, 5) is 37.0. The fourth-order valence-electron chi connectivity index (χ4n) is 5.93. The highest BCUT2D eigenvalue weighted by Crippen LogP contribution is 2.44. The standard InChI is InChI=1S/C32H36N4O5/c37-31(35-41-30-11-5-6-18-39-30)23-12-13-29(33-20-23)36-16-14-22(15-17-36)19-34-32(38)40-21-28-26-9-3-1-7-24(26)25-8-2-4-10-27(25)28/h1-4,7-10,12-13,20,22,28,30H,5-6,11,14-19,21H2,(H,34,38)(H,35,37). The number of nitrogens with one attached hydrogen (secondary N) is 2. The van der Waals surface area contributed by atoms with Gasteiger partial charge in [-0.1, -0.05) is 48.5 Å². The zero-order chi connectivity index (χ0) is 28.0. The second kappa shape index (κ2) is 12.7. The minimum atomic E-state index is -0.389. The van der Waals surface area contributed by atoms with Crippen LogP contribution in [0.5, 0.6) is 0 Å². The second-order valence-electron chi connectivity index (χ2n) is 10.9. The maximum atomic E-state index is 12.6. The van der Waals surface area contributed by atoms with Crippen LogP contribution in [0.1, 0.15) is 59.5 Å². The molecule has 2 amide bonds. The number of fused-ring (bicyclic) bond motifs is 3. The Labute approximate surface area is 240 Å². The summed E-state index contributed by atoms with van der Waals surface area (Å²) in [5.74, 6) is 0.924. The highest BCUT2D eigenvalue weighted by atomic mass is 16.8. The molecular formula is C32H36N4O5. The summed E-state index contributed by atoms with van der Waals surface area (Å²) >= 11 is 0. The quantitative estimate of drug-likeness (QED) is 0.376. The summed E-state index contributed by atoms with van der Waals surface area (Å²) in [6.07, 6.45) is 5.49. The number of alkyl carbamates (subject to hydrolysis) is 1. The first-order valence-corrected chi connectivity index (χ1v) is 14.5. The zero-order valence-corrected chi connectivity index (χ0v) is 23.1. The third-order valence-corrected chi connectivity index (χ3v) is 8.25. The van der Waals surface area contributed by atoms with Crippen molar-refractivity contribution in [3.63, 3.8) is 0 Å². The Balaban J connectivity index is 0.923. The molecule has 1 unspecified atom stereocenters. The van der Waals surface area contributed by atoms with E-state index in [1.54, 1.807) is 12.3 Å². The highest BCUT2D eigenvalue weighted by molar-refractivity contribution is 5.93. The lowest BCUT2D eigenvalue weighted by Gasteiger charge is -2.32. The third-order valence-electron chi connectivity index (χ3n) is 8.25. The molecule has 3 heterocycles. The van der Waals surface area contributed by atoms with Crippen molar-refractivity contribution in [1.29, 1.82) is 0 Å².